The van der Waals surface area contributed by atoms with Gasteiger partial charge in [-0.25, -0.2) is 9.97 Å². The van der Waals surface area contributed by atoms with Crippen LogP contribution in [0.15, 0.2) is 30.6 Å². The van der Waals surface area contributed by atoms with Gasteiger partial charge in [0.15, 0.2) is 6.79 Å². The molecule has 7 nitrogen and oxygen atoms in total. The molecule has 0 unspecified atom stereocenters. The smallest absolute Gasteiger partial charge is 0.481 e. The molecule has 0 saturated carbocycles. The molecule has 8 heteroatoms. The molecule has 0 bridgehead atoms. The number of hydrogen-bond acceptors (Lipinski definition) is 7. The van der Waals surface area contributed by atoms with Crippen molar-refractivity contribution in [3.05, 3.63) is 30.6 Å². The van der Waals surface area contributed by atoms with Crippen LogP contribution in [-0.2, 0) is 14.0 Å². The van der Waals surface area contributed by atoms with Gasteiger partial charge in [-0.05, 0) is 33.8 Å². The Morgan fingerprint density at radius 3 is 2.33 bits per heavy atom. The third-order valence-electron chi connectivity index (χ3n) is 5.00. The molecule has 1 aliphatic heterocycles. The molecule has 0 amide bonds. The molecule has 1 aromatic heterocycles. The van der Waals surface area contributed by atoms with Crippen molar-refractivity contribution in [2.24, 2.45) is 0 Å². The molecule has 1 fully saturated rings. The Morgan fingerprint density at radius 1 is 1.00 bits per heavy atom. The maximum absolute atomic E-state index is 6.16. The second-order valence-electron chi connectivity index (χ2n) is 7.34. The van der Waals surface area contributed by atoms with Gasteiger partial charge in [-0.15, -0.1) is 0 Å². The lowest BCUT2D eigenvalue weighted by molar-refractivity contribution is 0.00578. The minimum absolute atomic E-state index is 0.114. The molecule has 2 heterocycles. The van der Waals surface area contributed by atoms with Gasteiger partial charge in [-0.3, -0.25) is 0 Å². The topological polar surface area (TPSA) is 71.9 Å². The number of aromatic nitrogens is 2. The van der Waals surface area contributed by atoms with Crippen LogP contribution in [0.1, 0.15) is 27.7 Å². The van der Waals surface area contributed by atoms with Crippen molar-refractivity contribution in [1.29, 1.82) is 0 Å². The van der Waals surface area contributed by atoms with Gasteiger partial charge < -0.3 is 23.5 Å². The van der Waals surface area contributed by atoms with E-state index in [1.807, 2.05) is 45.9 Å². The van der Waals surface area contributed by atoms with Crippen LogP contribution in [0.3, 0.4) is 0 Å². The van der Waals surface area contributed by atoms with Crippen molar-refractivity contribution in [2.45, 2.75) is 38.9 Å². The summed E-state index contributed by atoms with van der Waals surface area (Å²) in [7, 11) is 2.62. The zero-order valence-corrected chi connectivity index (χ0v) is 16.6. The maximum Gasteiger partial charge on any atom is 0.498 e. The summed E-state index contributed by atoms with van der Waals surface area (Å²) in [6.45, 7) is 8.19. The van der Waals surface area contributed by atoms with E-state index in [-0.39, 0.29) is 6.79 Å². The van der Waals surface area contributed by atoms with Crippen LogP contribution in [0.25, 0.3) is 11.3 Å². The zero-order chi connectivity index (χ0) is 19.7. The summed E-state index contributed by atoms with van der Waals surface area (Å²) in [6.07, 6.45) is 1.46. The van der Waals surface area contributed by atoms with E-state index in [4.69, 9.17) is 23.5 Å². The number of nitrogens with zero attached hydrogens (tertiary/aromatic N) is 2. The molecule has 0 N–H and O–H groups in total. The number of rotatable bonds is 6. The number of ether oxygens (including phenoxy) is 3. The van der Waals surface area contributed by atoms with Crippen molar-refractivity contribution >= 4 is 12.6 Å². The van der Waals surface area contributed by atoms with Crippen molar-refractivity contribution < 1.29 is 23.5 Å². The van der Waals surface area contributed by atoms with Crippen molar-refractivity contribution in [2.75, 3.05) is 21.0 Å². The minimum atomic E-state index is -0.532. The molecule has 0 spiro atoms. The van der Waals surface area contributed by atoms with Crippen LogP contribution in [0.4, 0.5) is 0 Å². The van der Waals surface area contributed by atoms with Crippen LogP contribution in [0.5, 0.6) is 11.6 Å². The molecule has 0 aliphatic carbocycles. The molecule has 0 atom stereocenters. The number of hydrogen-bond donors (Lipinski definition) is 0. The van der Waals surface area contributed by atoms with Gasteiger partial charge in [-0.1, -0.05) is 12.1 Å². The predicted molar refractivity (Wildman–Crippen MR) is 102 cm³/mol. The van der Waals surface area contributed by atoms with E-state index in [1.54, 1.807) is 20.3 Å². The fraction of sp³-hybridized carbons (Fsp3) is 0.474. The number of methoxy groups -OCH3 is 2. The minimum Gasteiger partial charge on any atom is -0.481 e. The largest absolute Gasteiger partial charge is 0.498 e. The summed E-state index contributed by atoms with van der Waals surface area (Å²) >= 11 is 0. The first-order chi connectivity index (χ1) is 12.8. The maximum atomic E-state index is 6.16. The van der Waals surface area contributed by atoms with E-state index >= 15 is 0 Å². The fourth-order valence-corrected chi connectivity index (χ4v) is 2.71. The normalized spacial score (nSPS) is 17.8. The van der Waals surface area contributed by atoms with Gasteiger partial charge in [0.05, 0.1) is 24.0 Å². The third-order valence-corrected chi connectivity index (χ3v) is 5.00. The van der Waals surface area contributed by atoms with E-state index in [1.165, 1.54) is 6.33 Å². The predicted octanol–water partition coefficient (Wildman–Crippen LogP) is 2.43. The van der Waals surface area contributed by atoms with Crippen LogP contribution in [0.2, 0.25) is 0 Å². The summed E-state index contributed by atoms with van der Waals surface area (Å²) in [6, 6.07) is 7.53. The van der Waals surface area contributed by atoms with Gasteiger partial charge in [0.1, 0.15) is 12.1 Å². The molecular formula is C19H25BN2O5. The van der Waals surface area contributed by atoms with Crippen molar-refractivity contribution in [3.63, 3.8) is 0 Å². The monoisotopic (exact) mass is 372 g/mol. The molecule has 1 aromatic carbocycles. The first-order valence-electron chi connectivity index (χ1n) is 8.75. The first kappa shape index (κ1) is 19.6. The lowest BCUT2D eigenvalue weighted by Gasteiger charge is -2.32. The molecule has 144 valence electrons. The highest BCUT2D eigenvalue weighted by molar-refractivity contribution is 6.63. The van der Waals surface area contributed by atoms with E-state index in [9.17, 15) is 0 Å². The second kappa shape index (κ2) is 7.46. The highest BCUT2D eigenvalue weighted by Crippen LogP contribution is 2.37. The van der Waals surface area contributed by atoms with E-state index in [0.717, 1.165) is 16.7 Å². The van der Waals surface area contributed by atoms with Gasteiger partial charge in [0, 0.05) is 24.2 Å². The zero-order valence-electron chi connectivity index (χ0n) is 16.6. The first-order valence-corrected chi connectivity index (χ1v) is 8.75. The Kier molecular flexibility index (Phi) is 5.42. The lowest BCUT2D eigenvalue weighted by Crippen LogP contribution is -2.41. The Bertz CT molecular complexity index is 796. The van der Waals surface area contributed by atoms with E-state index < -0.39 is 18.3 Å². The van der Waals surface area contributed by atoms with Gasteiger partial charge >= 0.3 is 7.12 Å². The lowest BCUT2D eigenvalue weighted by atomic mass is 9.78. The van der Waals surface area contributed by atoms with E-state index in [0.29, 0.717) is 11.6 Å². The van der Waals surface area contributed by atoms with Crippen molar-refractivity contribution in [3.8, 4) is 22.9 Å². The molecular weight excluding hydrogens is 347 g/mol. The summed E-state index contributed by atoms with van der Waals surface area (Å²) in [5.41, 5.74) is 1.52. The SMILES string of the molecule is COCOc1cc(-c2cc(OC)ncn2)ccc1B1OC(C)(C)C(C)(C)O1. The Hall–Kier alpha value is -2.16. The number of benzene rings is 1. The van der Waals surface area contributed by atoms with Crippen LogP contribution >= 0.6 is 0 Å². The average Bonchev–Trinajstić information content (AvgIpc) is 2.87. The highest BCUT2D eigenvalue weighted by atomic mass is 16.7. The summed E-state index contributed by atoms with van der Waals surface area (Å²) < 4.78 is 28.4. The van der Waals surface area contributed by atoms with Gasteiger partial charge in [0.25, 0.3) is 0 Å². The summed E-state index contributed by atoms with van der Waals surface area (Å²) in [5, 5.41) is 0. The molecule has 2 aromatic rings. The van der Waals surface area contributed by atoms with Crippen molar-refractivity contribution in [1.82, 2.24) is 9.97 Å². The standard InChI is InChI=1S/C19H25BN2O5/c1-18(2)19(3,4)27-20(26-18)14-8-7-13(9-16(14)25-12-23-5)15-10-17(24-6)22-11-21-15/h7-11H,12H2,1-6H3. The quantitative estimate of drug-likeness (QED) is 0.570. The van der Waals surface area contributed by atoms with Crippen LogP contribution in [-0.4, -0.2) is 49.3 Å². The Balaban J connectivity index is 1.97. The molecule has 3 rings (SSSR count). The van der Waals surface area contributed by atoms with E-state index in [2.05, 4.69) is 9.97 Å². The summed E-state index contributed by atoms with van der Waals surface area (Å²) in [5.74, 6) is 1.11. The molecule has 1 aliphatic rings. The van der Waals surface area contributed by atoms with Gasteiger partial charge in [0.2, 0.25) is 5.88 Å². The Labute approximate surface area is 160 Å². The fourth-order valence-electron chi connectivity index (χ4n) is 2.71. The highest BCUT2D eigenvalue weighted by Gasteiger charge is 2.52. The Morgan fingerprint density at radius 2 is 1.70 bits per heavy atom. The second-order valence-corrected chi connectivity index (χ2v) is 7.34. The van der Waals surface area contributed by atoms with Crippen LogP contribution < -0.4 is 14.9 Å². The van der Waals surface area contributed by atoms with Crippen LogP contribution in [0, 0.1) is 0 Å². The average molecular weight is 372 g/mol. The third kappa shape index (κ3) is 3.92. The molecule has 27 heavy (non-hydrogen) atoms. The summed E-state index contributed by atoms with van der Waals surface area (Å²) in [4.78, 5) is 8.36. The molecule has 0 radical (unpaired) electrons. The molecule has 1 saturated heterocycles. The van der Waals surface area contributed by atoms with Gasteiger partial charge in [-0.2, -0.15) is 0 Å².